The highest BCUT2D eigenvalue weighted by atomic mass is 35.5. The lowest BCUT2D eigenvalue weighted by Crippen LogP contribution is -2.25. The predicted molar refractivity (Wildman–Crippen MR) is 70.7 cm³/mol. The number of hydrogen-bond donors (Lipinski definition) is 0. The fourth-order valence-corrected chi connectivity index (χ4v) is 3.64. The molecule has 0 N–H and O–H groups in total. The summed E-state index contributed by atoms with van der Waals surface area (Å²) in [4.78, 5) is 8.12. The summed E-state index contributed by atoms with van der Waals surface area (Å²) in [7, 11) is -3.09. The SMILES string of the molecule is Cn1nc(C(F)(F)F)nc1C(Cl)S(=O)(=O)C1=NOC(C)(C)C1. The van der Waals surface area contributed by atoms with Crippen molar-refractivity contribution in [3.63, 3.8) is 0 Å². The van der Waals surface area contributed by atoms with Crippen LogP contribution in [0.3, 0.4) is 0 Å². The van der Waals surface area contributed by atoms with E-state index in [2.05, 4.69) is 15.2 Å². The van der Waals surface area contributed by atoms with Crippen LogP contribution in [-0.4, -0.2) is 33.8 Å². The van der Waals surface area contributed by atoms with Gasteiger partial charge in [-0.05, 0) is 13.8 Å². The average molecular weight is 361 g/mol. The third-order valence-corrected chi connectivity index (χ3v) is 5.36. The molecule has 0 spiro atoms. The van der Waals surface area contributed by atoms with Gasteiger partial charge in [-0.15, -0.1) is 5.10 Å². The van der Waals surface area contributed by atoms with Crippen molar-refractivity contribution in [2.75, 3.05) is 0 Å². The van der Waals surface area contributed by atoms with Crippen molar-refractivity contribution < 1.29 is 26.4 Å². The summed E-state index contributed by atoms with van der Waals surface area (Å²) in [6.45, 7) is 3.23. The van der Waals surface area contributed by atoms with Crippen LogP contribution in [0, 0.1) is 0 Å². The molecule has 2 heterocycles. The summed E-state index contributed by atoms with van der Waals surface area (Å²) in [6, 6.07) is 0. The number of sulfone groups is 1. The molecule has 1 aliphatic rings. The van der Waals surface area contributed by atoms with Gasteiger partial charge in [0.2, 0.25) is 9.84 Å². The van der Waals surface area contributed by atoms with Gasteiger partial charge >= 0.3 is 6.18 Å². The van der Waals surface area contributed by atoms with Crippen LogP contribution in [0.2, 0.25) is 0 Å². The van der Waals surface area contributed by atoms with Crippen LogP contribution < -0.4 is 0 Å². The van der Waals surface area contributed by atoms with Gasteiger partial charge < -0.3 is 4.84 Å². The lowest BCUT2D eigenvalue weighted by atomic mass is 10.1. The van der Waals surface area contributed by atoms with Crippen molar-refractivity contribution in [1.82, 2.24) is 14.8 Å². The zero-order valence-corrected chi connectivity index (χ0v) is 13.3. The monoisotopic (exact) mass is 360 g/mol. The third-order valence-electron chi connectivity index (χ3n) is 2.83. The van der Waals surface area contributed by atoms with Crippen LogP contribution in [0.25, 0.3) is 0 Å². The van der Waals surface area contributed by atoms with Gasteiger partial charge in [0.05, 0.1) is 0 Å². The van der Waals surface area contributed by atoms with E-state index in [1.807, 2.05) is 0 Å². The Morgan fingerprint density at radius 3 is 2.41 bits per heavy atom. The van der Waals surface area contributed by atoms with E-state index in [0.717, 1.165) is 7.05 Å². The third kappa shape index (κ3) is 3.05. The fraction of sp³-hybridized carbons (Fsp3) is 0.700. The molecule has 0 saturated carbocycles. The number of oxime groups is 1. The van der Waals surface area contributed by atoms with E-state index in [4.69, 9.17) is 16.4 Å². The average Bonchev–Trinajstić information content (AvgIpc) is 2.91. The summed E-state index contributed by atoms with van der Waals surface area (Å²) in [6.07, 6.45) is -4.84. The molecule has 0 aromatic carbocycles. The Bertz CT molecular complexity index is 726. The van der Waals surface area contributed by atoms with E-state index >= 15 is 0 Å². The minimum absolute atomic E-state index is 0.0392. The maximum Gasteiger partial charge on any atom is 0.453 e. The van der Waals surface area contributed by atoms with Gasteiger partial charge in [0.15, 0.2) is 15.6 Å². The van der Waals surface area contributed by atoms with E-state index < -0.39 is 38.0 Å². The van der Waals surface area contributed by atoms with Crippen molar-refractivity contribution in [3.05, 3.63) is 11.6 Å². The Morgan fingerprint density at radius 1 is 1.41 bits per heavy atom. The number of hydrogen-bond acceptors (Lipinski definition) is 6. The van der Waals surface area contributed by atoms with E-state index in [9.17, 15) is 21.6 Å². The highest BCUT2D eigenvalue weighted by Crippen LogP contribution is 2.35. The summed E-state index contributed by atoms with van der Waals surface area (Å²) < 4.78 is 61.2. The first-order valence-electron chi connectivity index (χ1n) is 5.96. The number of nitrogens with zero attached hydrogens (tertiary/aromatic N) is 4. The zero-order valence-electron chi connectivity index (χ0n) is 11.7. The number of aromatic nitrogens is 3. The van der Waals surface area contributed by atoms with Crippen LogP contribution in [0.4, 0.5) is 13.2 Å². The molecular weight excluding hydrogens is 349 g/mol. The van der Waals surface area contributed by atoms with Gasteiger partial charge in [-0.25, -0.2) is 13.4 Å². The molecule has 0 aliphatic carbocycles. The Balaban J connectivity index is 2.36. The molecule has 1 aliphatic heterocycles. The Morgan fingerprint density at radius 2 is 2.00 bits per heavy atom. The zero-order chi connectivity index (χ0) is 16.9. The number of alkyl halides is 4. The second-order valence-corrected chi connectivity index (χ2v) is 8.02. The smallest absolute Gasteiger partial charge is 0.389 e. The number of rotatable bonds is 2. The molecule has 1 aromatic heterocycles. The summed E-state index contributed by atoms with van der Waals surface area (Å²) in [5.41, 5.74) is -0.823. The minimum atomic E-state index is -4.80. The highest BCUT2D eigenvalue weighted by molar-refractivity contribution is 8.07. The minimum Gasteiger partial charge on any atom is -0.389 e. The second-order valence-electron chi connectivity index (χ2n) is 5.29. The van der Waals surface area contributed by atoms with E-state index in [-0.39, 0.29) is 11.5 Å². The topological polar surface area (TPSA) is 86.4 Å². The standard InChI is InChI=1S/C10H12ClF3N4O3S/c1-9(2)4-5(17-21-9)22(19,20)6(11)7-15-8(10(12,13)14)16-18(7)3/h6H,4H2,1-3H3. The van der Waals surface area contributed by atoms with Gasteiger partial charge in [-0.3, -0.25) is 4.68 Å². The molecule has 0 amide bonds. The summed E-state index contributed by atoms with van der Waals surface area (Å²) in [5.74, 6) is -2.00. The van der Waals surface area contributed by atoms with Crippen molar-refractivity contribution >= 4 is 26.5 Å². The molecule has 0 fully saturated rings. The van der Waals surface area contributed by atoms with Crippen LogP contribution in [0.1, 0.15) is 36.6 Å². The number of aryl methyl sites for hydroxylation is 1. The van der Waals surface area contributed by atoms with E-state index in [1.165, 1.54) is 0 Å². The molecule has 0 saturated heterocycles. The van der Waals surface area contributed by atoms with Crippen LogP contribution in [0.5, 0.6) is 0 Å². The van der Waals surface area contributed by atoms with Crippen molar-refractivity contribution in [3.8, 4) is 0 Å². The first kappa shape index (κ1) is 17.0. The Kier molecular flexibility index (Phi) is 3.93. The van der Waals surface area contributed by atoms with Crippen molar-refractivity contribution in [1.29, 1.82) is 0 Å². The molecule has 1 atom stereocenters. The Labute approximate surface area is 129 Å². The van der Waals surface area contributed by atoms with Gasteiger partial charge in [0, 0.05) is 13.5 Å². The quantitative estimate of drug-likeness (QED) is 0.753. The molecule has 2 rings (SSSR count). The van der Waals surface area contributed by atoms with Crippen LogP contribution in [-0.2, 0) is 27.9 Å². The molecule has 1 aromatic rings. The molecule has 7 nitrogen and oxygen atoms in total. The molecule has 0 bridgehead atoms. The van der Waals surface area contributed by atoms with E-state index in [0.29, 0.717) is 4.68 Å². The Hall–Kier alpha value is -1.36. The maximum absolute atomic E-state index is 12.6. The summed E-state index contributed by atoms with van der Waals surface area (Å²) in [5, 5.41) is 6.25. The van der Waals surface area contributed by atoms with Gasteiger partial charge in [0.25, 0.3) is 5.82 Å². The first-order chi connectivity index (χ1) is 9.84. The number of halogens is 4. The lowest BCUT2D eigenvalue weighted by Gasteiger charge is -2.14. The first-order valence-corrected chi connectivity index (χ1v) is 7.94. The largest absolute Gasteiger partial charge is 0.453 e. The predicted octanol–water partition coefficient (Wildman–Crippen LogP) is 2.00. The van der Waals surface area contributed by atoms with Crippen LogP contribution >= 0.6 is 11.6 Å². The highest BCUT2D eigenvalue weighted by Gasteiger charge is 2.43. The van der Waals surface area contributed by atoms with Gasteiger partial charge in [-0.2, -0.15) is 13.2 Å². The lowest BCUT2D eigenvalue weighted by molar-refractivity contribution is -0.145. The fourth-order valence-electron chi connectivity index (χ4n) is 1.73. The van der Waals surface area contributed by atoms with E-state index in [1.54, 1.807) is 13.8 Å². The van der Waals surface area contributed by atoms with Crippen molar-refractivity contribution in [2.24, 2.45) is 12.2 Å². The van der Waals surface area contributed by atoms with Gasteiger partial charge in [-0.1, -0.05) is 16.8 Å². The molecule has 22 heavy (non-hydrogen) atoms. The summed E-state index contributed by atoms with van der Waals surface area (Å²) >= 11 is 5.82. The van der Waals surface area contributed by atoms with Crippen molar-refractivity contribution in [2.45, 2.75) is 36.8 Å². The molecule has 1 unspecified atom stereocenters. The molecule has 12 heteroatoms. The molecule has 0 radical (unpaired) electrons. The second kappa shape index (κ2) is 5.08. The van der Waals surface area contributed by atoms with Crippen LogP contribution in [0.15, 0.2) is 5.16 Å². The normalized spacial score (nSPS) is 19.7. The molecular formula is C10H12ClF3N4O3S. The van der Waals surface area contributed by atoms with Gasteiger partial charge in [0.1, 0.15) is 5.60 Å². The molecule has 124 valence electrons. The maximum atomic E-state index is 12.6.